The SMILES string of the molecule is COc1ccc(N)c(S(=O)(=O)C(C)C(=O)NCC(C)C)c1. The number of nitrogen functional groups attached to an aromatic ring is 1. The molecular formula is C14H22N2O4S. The standard InChI is InChI=1S/C14H22N2O4S/c1-9(2)8-16-14(17)10(3)21(18,19)13-7-11(20-4)5-6-12(13)15/h5-7,9-10H,8,15H2,1-4H3,(H,16,17). The molecule has 3 N–H and O–H groups in total. The first-order chi connectivity index (χ1) is 9.70. The van der Waals surface area contributed by atoms with Gasteiger partial charge in [-0.25, -0.2) is 8.42 Å². The molecule has 0 radical (unpaired) electrons. The van der Waals surface area contributed by atoms with E-state index in [2.05, 4.69) is 5.32 Å². The van der Waals surface area contributed by atoms with E-state index in [-0.39, 0.29) is 16.5 Å². The molecule has 21 heavy (non-hydrogen) atoms. The molecule has 0 bridgehead atoms. The molecule has 0 aliphatic rings. The van der Waals surface area contributed by atoms with Crippen molar-refractivity contribution in [1.82, 2.24) is 5.32 Å². The Labute approximate surface area is 125 Å². The minimum atomic E-state index is -3.87. The van der Waals surface area contributed by atoms with E-state index in [1.54, 1.807) is 6.07 Å². The molecule has 0 aliphatic heterocycles. The number of nitrogens with two attached hydrogens (primary N) is 1. The quantitative estimate of drug-likeness (QED) is 0.769. The summed E-state index contributed by atoms with van der Waals surface area (Å²) in [6.45, 7) is 5.63. The number of rotatable bonds is 6. The molecule has 1 rings (SSSR count). The van der Waals surface area contributed by atoms with Gasteiger partial charge in [-0.15, -0.1) is 0 Å². The van der Waals surface area contributed by atoms with Crippen LogP contribution < -0.4 is 15.8 Å². The molecule has 1 amide bonds. The van der Waals surface area contributed by atoms with Gasteiger partial charge in [0.25, 0.3) is 0 Å². The lowest BCUT2D eigenvalue weighted by atomic mass is 10.2. The second kappa shape index (κ2) is 6.80. The molecule has 0 aliphatic carbocycles. The van der Waals surface area contributed by atoms with Gasteiger partial charge in [0.15, 0.2) is 9.84 Å². The van der Waals surface area contributed by atoms with E-state index >= 15 is 0 Å². The Bertz CT molecular complexity index is 611. The Hall–Kier alpha value is -1.76. The number of hydrogen-bond donors (Lipinski definition) is 2. The Kier molecular flexibility index (Phi) is 5.60. The minimum absolute atomic E-state index is 0.0888. The molecule has 1 atom stereocenters. The highest BCUT2D eigenvalue weighted by atomic mass is 32.2. The van der Waals surface area contributed by atoms with Gasteiger partial charge in [0.05, 0.1) is 17.7 Å². The van der Waals surface area contributed by atoms with Crippen LogP contribution in [-0.2, 0) is 14.6 Å². The maximum atomic E-state index is 12.5. The largest absolute Gasteiger partial charge is 0.497 e. The average molecular weight is 314 g/mol. The van der Waals surface area contributed by atoms with Crippen LogP contribution in [0.1, 0.15) is 20.8 Å². The van der Waals surface area contributed by atoms with Crippen LogP contribution in [0.15, 0.2) is 23.1 Å². The normalized spacial score (nSPS) is 13.0. The van der Waals surface area contributed by atoms with Crippen LogP contribution >= 0.6 is 0 Å². The molecule has 1 aromatic rings. The monoisotopic (exact) mass is 314 g/mol. The van der Waals surface area contributed by atoms with Gasteiger partial charge in [-0.1, -0.05) is 13.8 Å². The van der Waals surface area contributed by atoms with E-state index in [9.17, 15) is 13.2 Å². The van der Waals surface area contributed by atoms with Crippen LogP contribution in [-0.4, -0.2) is 33.2 Å². The Balaban J connectivity index is 3.07. The number of amides is 1. The van der Waals surface area contributed by atoms with Gasteiger partial charge in [-0.2, -0.15) is 0 Å². The summed E-state index contributed by atoms with van der Waals surface area (Å²) in [6, 6.07) is 4.35. The molecule has 6 nitrogen and oxygen atoms in total. The Morgan fingerprint density at radius 3 is 2.48 bits per heavy atom. The fraction of sp³-hybridized carbons (Fsp3) is 0.500. The predicted octanol–water partition coefficient (Wildman–Crippen LogP) is 1.21. The Morgan fingerprint density at radius 1 is 1.33 bits per heavy atom. The van der Waals surface area contributed by atoms with Crippen LogP contribution in [0.4, 0.5) is 5.69 Å². The van der Waals surface area contributed by atoms with E-state index in [1.165, 1.54) is 26.2 Å². The van der Waals surface area contributed by atoms with E-state index in [1.807, 2.05) is 13.8 Å². The molecule has 1 aromatic carbocycles. The third kappa shape index (κ3) is 4.10. The molecule has 118 valence electrons. The lowest BCUT2D eigenvalue weighted by Gasteiger charge is -2.16. The highest BCUT2D eigenvalue weighted by Crippen LogP contribution is 2.27. The fourth-order valence-electron chi connectivity index (χ4n) is 1.67. The lowest BCUT2D eigenvalue weighted by Crippen LogP contribution is -2.39. The summed E-state index contributed by atoms with van der Waals surface area (Å²) in [4.78, 5) is 11.9. The predicted molar refractivity (Wildman–Crippen MR) is 81.9 cm³/mol. The molecule has 0 aromatic heterocycles. The second-order valence-electron chi connectivity index (χ2n) is 5.23. The highest BCUT2D eigenvalue weighted by molar-refractivity contribution is 7.93. The summed E-state index contributed by atoms with van der Waals surface area (Å²) in [5, 5.41) is 1.40. The van der Waals surface area contributed by atoms with Crippen LogP contribution in [0.5, 0.6) is 5.75 Å². The van der Waals surface area contributed by atoms with Gasteiger partial charge in [-0.05, 0) is 25.0 Å². The van der Waals surface area contributed by atoms with Crippen molar-refractivity contribution in [3.05, 3.63) is 18.2 Å². The van der Waals surface area contributed by atoms with Crippen LogP contribution in [0.25, 0.3) is 0 Å². The molecule has 0 spiro atoms. The van der Waals surface area contributed by atoms with Crippen molar-refractivity contribution >= 4 is 21.4 Å². The number of benzene rings is 1. The number of hydrogen-bond acceptors (Lipinski definition) is 5. The van der Waals surface area contributed by atoms with Crippen molar-refractivity contribution in [3.8, 4) is 5.75 Å². The summed E-state index contributed by atoms with van der Waals surface area (Å²) in [5.74, 6) is 0.0780. The van der Waals surface area contributed by atoms with E-state index < -0.39 is 21.0 Å². The summed E-state index contributed by atoms with van der Waals surface area (Å²) >= 11 is 0. The van der Waals surface area contributed by atoms with E-state index in [0.29, 0.717) is 12.3 Å². The number of sulfone groups is 1. The molecule has 1 unspecified atom stereocenters. The van der Waals surface area contributed by atoms with Crippen LogP contribution in [0, 0.1) is 5.92 Å². The van der Waals surface area contributed by atoms with Crippen LogP contribution in [0.3, 0.4) is 0 Å². The maximum Gasteiger partial charge on any atom is 0.238 e. The maximum absolute atomic E-state index is 12.5. The lowest BCUT2D eigenvalue weighted by molar-refractivity contribution is -0.120. The zero-order valence-electron chi connectivity index (χ0n) is 12.7. The summed E-state index contributed by atoms with van der Waals surface area (Å²) in [5.41, 5.74) is 5.82. The first kappa shape index (κ1) is 17.3. The van der Waals surface area contributed by atoms with Gasteiger partial charge in [-0.3, -0.25) is 4.79 Å². The zero-order chi connectivity index (χ0) is 16.2. The number of ether oxygens (including phenoxy) is 1. The van der Waals surface area contributed by atoms with Crippen molar-refractivity contribution in [1.29, 1.82) is 0 Å². The third-order valence-corrected chi connectivity index (χ3v) is 5.16. The summed E-state index contributed by atoms with van der Waals surface area (Å²) in [6.07, 6.45) is 0. The molecule has 0 fully saturated rings. The van der Waals surface area contributed by atoms with Crippen molar-refractivity contribution in [2.75, 3.05) is 19.4 Å². The number of carbonyl (C=O) groups excluding carboxylic acids is 1. The third-order valence-electron chi connectivity index (χ3n) is 3.05. The second-order valence-corrected chi connectivity index (χ2v) is 7.47. The van der Waals surface area contributed by atoms with Gasteiger partial charge in [0.1, 0.15) is 11.0 Å². The first-order valence-electron chi connectivity index (χ1n) is 6.65. The number of anilines is 1. The number of carbonyl (C=O) groups is 1. The topological polar surface area (TPSA) is 98.5 Å². The minimum Gasteiger partial charge on any atom is -0.497 e. The number of methoxy groups -OCH3 is 1. The van der Waals surface area contributed by atoms with Crippen molar-refractivity contribution < 1.29 is 17.9 Å². The fourth-order valence-corrected chi connectivity index (χ4v) is 3.09. The van der Waals surface area contributed by atoms with E-state index in [0.717, 1.165) is 0 Å². The summed E-state index contributed by atoms with van der Waals surface area (Å²) in [7, 11) is -2.44. The Morgan fingerprint density at radius 2 is 1.95 bits per heavy atom. The van der Waals surface area contributed by atoms with Crippen molar-refractivity contribution in [2.45, 2.75) is 30.9 Å². The molecule has 0 heterocycles. The van der Waals surface area contributed by atoms with Gasteiger partial charge in [0, 0.05) is 12.6 Å². The smallest absolute Gasteiger partial charge is 0.238 e. The molecule has 7 heteroatoms. The van der Waals surface area contributed by atoms with Gasteiger partial charge < -0.3 is 15.8 Å². The summed E-state index contributed by atoms with van der Waals surface area (Å²) < 4.78 is 30.0. The molecular weight excluding hydrogens is 292 g/mol. The molecule has 0 saturated carbocycles. The molecule has 0 saturated heterocycles. The van der Waals surface area contributed by atoms with Gasteiger partial charge >= 0.3 is 0 Å². The van der Waals surface area contributed by atoms with Crippen molar-refractivity contribution in [2.24, 2.45) is 5.92 Å². The van der Waals surface area contributed by atoms with Gasteiger partial charge in [0.2, 0.25) is 5.91 Å². The van der Waals surface area contributed by atoms with Crippen LogP contribution in [0.2, 0.25) is 0 Å². The van der Waals surface area contributed by atoms with Crippen molar-refractivity contribution in [3.63, 3.8) is 0 Å². The number of nitrogens with one attached hydrogen (secondary N) is 1. The highest BCUT2D eigenvalue weighted by Gasteiger charge is 2.31. The van der Waals surface area contributed by atoms with E-state index in [4.69, 9.17) is 10.5 Å². The zero-order valence-corrected chi connectivity index (χ0v) is 13.5. The average Bonchev–Trinajstić information content (AvgIpc) is 2.44. The first-order valence-corrected chi connectivity index (χ1v) is 8.20.